The molecule has 3 fully saturated rings. The number of hydrogen-bond donors (Lipinski definition) is 1. The number of allylic oxidation sites excluding steroid dienone is 2. The topological polar surface area (TPSA) is 104 Å². The van der Waals surface area contributed by atoms with E-state index in [0.717, 1.165) is 11.1 Å². The zero-order valence-electron chi connectivity index (χ0n) is 24.8. The molecule has 7 rings (SSSR count). The molecule has 1 saturated carbocycles. The number of anilines is 2. The van der Waals surface area contributed by atoms with Gasteiger partial charge in [0.15, 0.2) is 11.5 Å². The van der Waals surface area contributed by atoms with E-state index in [-0.39, 0.29) is 41.5 Å². The number of amides is 4. The van der Waals surface area contributed by atoms with Gasteiger partial charge in [-0.1, -0.05) is 47.5 Å². The highest BCUT2D eigenvalue weighted by Gasteiger charge is 2.67. The molecule has 230 valence electrons. The first-order chi connectivity index (χ1) is 21.5. The molecule has 6 atom stereocenters. The smallest absolute Gasteiger partial charge is 0.241 e. The van der Waals surface area contributed by atoms with Crippen molar-refractivity contribution in [3.63, 3.8) is 0 Å². The molecule has 45 heavy (non-hydrogen) atoms. The minimum atomic E-state index is -1.19. The van der Waals surface area contributed by atoms with Crippen LogP contribution in [-0.2, 0) is 19.2 Å². The maximum atomic E-state index is 14.5. The lowest BCUT2D eigenvalue weighted by atomic mass is 9.51. The number of carbonyl (C=O) groups excluding carboxylic acids is 4. The van der Waals surface area contributed by atoms with Gasteiger partial charge in [-0.05, 0) is 103 Å². The van der Waals surface area contributed by atoms with Gasteiger partial charge in [0.25, 0.3) is 0 Å². The highest BCUT2D eigenvalue weighted by Crippen LogP contribution is 2.64. The van der Waals surface area contributed by atoms with E-state index in [0.29, 0.717) is 32.0 Å². The number of imide groups is 2. The molecule has 4 aliphatic rings. The quantitative estimate of drug-likeness (QED) is 0.189. The van der Waals surface area contributed by atoms with Gasteiger partial charge in [-0.2, -0.15) is 0 Å². The zero-order valence-corrected chi connectivity index (χ0v) is 27.7. The Morgan fingerprint density at radius 2 is 1.67 bits per heavy atom. The van der Waals surface area contributed by atoms with Gasteiger partial charge in [-0.3, -0.25) is 19.2 Å². The van der Waals surface area contributed by atoms with E-state index >= 15 is 0 Å². The van der Waals surface area contributed by atoms with Crippen molar-refractivity contribution in [1.29, 1.82) is 0 Å². The fourth-order valence-corrected chi connectivity index (χ4v) is 8.91. The Morgan fingerprint density at radius 1 is 0.933 bits per heavy atom. The Balaban J connectivity index is 1.39. The Kier molecular flexibility index (Phi) is 7.12. The highest BCUT2D eigenvalue weighted by molar-refractivity contribution is 14.1. The van der Waals surface area contributed by atoms with Crippen molar-refractivity contribution in [2.75, 3.05) is 16.9 Å². The van der Waals surface area contributed by atoms with Crippen LogP contribution < -0.4 is 14.5 Å². The molecule has 2 heterocycles. The lowest BCUT2D eigenvalue weighted by Crippen LogP contribution is -2.48. The molecule has 1 N–H and O–H groups in total. The van der Waals surface area contributed by atoms with E-state index in [1.165, 1.54) is 16.9 Å². The summed E-state index contributed by atoms with van der Waals surface area (Å²) in [6, 6.07) is 17.6. The number of para-hydroxylation sites is 1. The SMILES string of the molecule is COc1cc(C2C3=CCC4C(=O)N(c5ccc(C)c(Cl)c5)C(=O)C4C3CC3C(=O)N(c4ccccc4)C(=O)C32C)cc(I)c1O. The monoisotopic (exact) mass is 736 g/mol. The number of aryl methyl sites for hydroxylation is 1. The summed E-state index contributed by atoms with van der Waals surface area (Å²) in [4.78, 5) is 59.4. The lowest BCUT2D eigenvalue weighted by Gasteiger charge is -2.49. The predicted octanol–water partition coefficient (Wildman–Crippen LogP) is 6.40. The minimum Gasteiger partial charge on any atom is -0.504 e. The summed E-state index contributed by atoms with van der Waals surface area (Å²) in [6.45, 7) is 3.69. The molecule has 0 spiro atoms. The van der Waals surface area contributed by atoms with Crippen LogP contribution in [0, 0.1) is 39.6 Å². The van der Waals surface area contributed by atoms with Crippen LogP contribution in [0.2, 0.25) is 5.02 Å². The third-order valence-corrected chi connectivity index (χ3v) is 11.5. The summed E-state index contributed by atoms with van der Waals surface area (Å²) in [6.07, 6.45) is 2.58. The second-order valence-electron chi connectivity index (χ2n) is 12.5. The molecule has 2 aliphatic carbocycles. The molecule has 2 saturated heterocycles. The van der Waals surface area contributed by atoms with Gasteiger partial charge < -0.3 is 9.84 Å². The second kappa shape index (κ2) is 10.7. The third-order valence-electron chi connectivity index (χ3n) is 10.3. The van der Waals surface area contributed by atoms with E-state index in [2.05, 4.69) is 0 Å². The Morgan fingerprint density at radius 3 is 2.36 bits per heavy atom. The zero-order chi connectivity index (χ0) is 31.9. The number of ether oxygens (including phenoxy) is 1. The van der Waals surface area contributed by atoms with Crippen LogP contribution >= 0.6 is 34.2 Å². The van der Waals surface area contributed by atoms with Crippen LogP contribution in [0.25, 0.3) is 0 Å². The van der Waals surface area contributed by atoms with Crippen molar-refractivity contribution in [3.8, 4) is 11.5 Å². The van der Waals surface area contributed by atoms with E-state index in [9.17, 15) is 24.3 Å². The van der Waals surface area contributed by atoms with Crippen LogP contribution in [0.3, 0.4) is 0 Å². The van der Waals surface area contributed by atoms with Crippen LogP contribution in [0.4, 0.5) is 11.4 Å². The molecule has 4 amide bonds. The molecule has 3 aromatic rings. The number of rotatable bonds is 4. The maximum Gasteiger partial charge on any atom is 0.241 e. The molecule has 3 aromatic carbocycles. The predicted molar refractivity (Wildman–Crippen MR) is 177 cm³/mol. The lowest BCUT2D eigenvalue weighted by molar-refractivity contribution is -0.131. The molecule has 0 aromatic heterocycles. The molecule has 10 heteroatoms. The number of benzene rings is 3. The van der Waals surface area contributed by atoms with E-state index in [1.54, 1.807) is 48.5 Å². The fraction of sp³-hybridized carbons (Fsp3) is 0.314. The number of hydrogen-bond acceptors (Lipinski definition) is 6. The number of phenolic OH excluding ortho intramolecular Hbond substituents is 1. The summed E-state index contributed by atoms with van der Waals surface area (Å²) < 4.78 is 6.04. The van der Waals surface area contributed by atoms with Crippen molar-refractivity contribution in [3.05, 3.63) is 92.0 Å². The Hall–Kier alpha value is -3.70. The van der Waals surface area contributed by atoms with Gasteiger partial charge in [-0.15, -0.1) is 0 Å². The highest BCUT2D eigenvalue weighted by atomic mass is 127. The first kappa shape index (κ1) is 30.0. The van der Waals surface area contributed by atoms with Gasteiger partial charge >= 0.3 is 0 Å². The van der Waals surface area contributed by atoms with Gasteiger partial charge in [0.1, 0.15) is 0 Å². The van der Waals surface area contributed by atoms with Gasteiger partial charge in [0.2, 0.25) is 23.6 Å². The van der Waals surface area contributed by atoms with E-state index in [1.807, 2.05) is 54.6 Å². The number of phenols is 1. The molecular formula is C35H30ClIN2O6. The normalized spacial score (nSPS) is 29.0. The summed E-state index contributed by atoms with van der Waals surface area (Å²) in [5.41, 5.74) is 2.12. The average molecular weight is 737 g/mol. The van der Waals surface area contributed by atoms with Gasteiger partial charge in [0, 0.05) is 10.9 Å². The van der Waals surface area contributed by atoms with Crippen molar-refractivity contribution in [1.82, 2.24) is 0 Å². The van der Waals surface area contributed by atoms with Crippen molar-refractivity contribution in [2.24, 2.45) is 29.1 Å². The Labute approximate surface area is 279 Å². The summed E-state index contributed by atoms with van der Waals surface area (Å²) in [7, 11) is 1.46. The molecule has 0 radical (unpaired) electrons. The van der Waals surface area contributed by atoms with Crippen LogP contribution in [0.15, 0.2) is 72.3 Å². The van der Waals surface area contributed by atoms with E-state index in [4.69, 9.17) is 16.3 Å². The fourth-order valence-electron chi connectivity index (χ4n) is 8.11. The van der Waals surface area contributed by atoms with Crippen LogP contribution in [0.1, 0.15) is 36.8 Å². The minimum absolute atomic E-state index is 0.0164. The molecular weight excluding hydrogens is 707 g/mol. The summed E-state index contributed by atoms with van der Waals surface area (Å²) >= 11 is 8.42. The van der Waals surface area contributed by atoms with Gasteiger partial charge in [0.05, 0.1) is 45.2 Å². The summed E-state index contributed by atoms with van der Waals surface area (Å²) in [5.74, 6) is -4.12. The maximum absolute atomic E-state index is 14.5. The number of halogens is 2. The number of fused-ring (bicyclic) bond motifs is 4. The second-order valence-corrected chi connectivity index (χ2v) is 14.1. The number of carbonyl (C=O) groups is 4. The molecule has 8 nitrogen and oxygen atoms in total. The number of aromatic hydroxyl groups is 1. The third kappa shape index (κ3) is 4.22. The largest absolute Gasteiger partial charge is 0.504 e. The first-order valence-electron chi connectivity index (χ1n) is 14.8. The molecule has 0 bridgehead atoms. The van der Waals surface area contributed by atoms with Crippen molar-refractivity contribution >= 4 is 69.2 Å². The van der Waals surface area contributed by atoms with Gasteiger partial charge in [-0.25, -0.2) is 9.80 Å². The summed E-state index contributed by atoms with van der Waals surface area (Å²) in [5, 5.41) is 11.1. The van der Waals surface area contributed by atoms with Crippen molar-refractivity contribution < 1.29 is 29.0 Å². The molecule has 6 unspecified atom stereocenters. The van der Waals surface area contributed by atoms with E-state index < -0.39 is 35.0 Å². The van der Waals surface area contributed by atoms with Crippen LogP contribution in [-0.4, -0.2) is 35.8 Å². The number of nitrogens with zero attached hydrogens (tertiary/aromatic N) is 2. The first-order valence-corrected chi connectivity index (χ1v) is 16.3. The number of methoxy groups -OCH3 is 1. The Bertz CT molecular complexity index is 1840. The van der Waals surface area contributed by atoms with Crippen molar-refractivity contribution in [2.45, 2.75) is 32.6 Å². The van der Waals surface area contributed by atoms with Crippen LogP contribution in [0.5, 0.6) is 11.5 Å². The average Bonchev–Trinajstić information content (AvgIpc) is 3.39. The molecule has 2 aliphatic heterocycles. The standard InChI is InChI=1S/C35H30ClIN2O6/c1-17-9-10-20(15-25(17)36)38-31(41)22-12-11-21-23(28(22)33(38)43)16-24-32(42)39(19-7-5-4-6-8-19)34(44)35(24,2)29(21)18-13-26(37)30(40)27(14-18)45-3/h4-11,13-15,22-24,28-29,40H,12,16H2,1-3H3.